The van der Waals surface area contributed by atoms with Crippen LogP contribution in [0.3, 0.4) is 0 Å². The molecule has 0 fully saturated rings. The smallest absolute Gasteiger partial charge is 0.275 e. The third kappa shape index (κ3) is 5.70. The van der Waals surface area contributed by atoms with Crippen LogP contribution in [0.4, 0.5) is 4.39 Å². The molecule has 2 aromatic rings. The van der Waals surface area contributed by atoms with Gasteiger partial charge in [-0.25, -0.2) is 4.39 Å². The zero-order valence-electron chi connectivity index (χ0n) is 17.2. The van der Waals surface area contributed by atoms with Gasteiger partial charge in [-0.2, -0.15) is 0 Å². The van der Waals surface area contributed by atoms with E-state index >= 15 is 0 Å². The standard InChI is InChI=1S/C23H29FN2O3/c1-3-28-21-13-18-10-12-26(15-19(18)14-22(21)29-4-2)16-23(27)25-11-9-17-7-5-6-8-20(17)24/h5-8,13-14H,3-4,9-12,15-16H2,1-2H3,(H,25,27)/p+1. The Morgan fingerprint density at radius 3 is 2.48 bits per heavy atom. The van der Waals surface area contributed by atoms with Crippen molar-refractivity contribution in [2.45, 2.75) is 33.2 Å². The van der Waals surface area contributed by atoms with Crippen LogP contribution in [-0.4, -0.2) is 38.8 Å². The average molecular weight is 402 g/mol. The highest BCUT2D eigenvalue weighted by atomic mass is 19.1. The van der Waals surface area contributed by atoms with Crippen molar-refractivity contribution < 1.29 is 23.6 Å². The predicted octanol–water partition coefficient (Wildman–Crippen LogP) is 1.92. The monoisotopic (exact) mass is 401 g/mol. The van der Waals surface area contributed by atoms with Crippen LogP contribution >= 0.6 is 0 Å². The van der Waals surface area contributed by atoms with E-state index in [9.17, 15) is 9.18 Å². The summed E-state index contributed by atoms with van der Waals surface area (Å²) in [5, 5.41) is 2.92. The van der Waals surface area contributed by atoms with Crippen molar-refractivity contribution in [2.75, 3.05) is 32.8 Å². The number of carbonyl (C=O) groups is 1. The molecule has 6 heteroatoms. The summed E-state index contributed by atoms with van der Waals surface area (Å²) < 4.78 is 25.1. The summed E-state index contributed by atoms with van der Waals surface area (Å²) in [4.78, 5) is 13.6. The SMILES string of the molecule is CCOc1cc2c(cc1OCC)C[NH+](CC(=O)NCCc1ccccc1F)CC2. The van der Waals surface area contributed by atoms with Crippen molar-refractivity contribution >= 4 is 5.91 Å². The largest absolute Gasteiger partial charge is 0.490 e. The fraction of sp³-hybridized carbons (Fsp3) is 0.435. The van der Waals surface area contributed by atoms with Crippen molar-refractivity contribution in [1.29, 1.82) is 0 Å². The van der Waals surface area contributed by atoms with E-state index in [1.165, 1.54) is 22.1 Å². The summed E-state index contributed by atoms with van der Waals surface area (Å²) in [6.45, 7) is 7.63. The van der Waals surface area contributed by atoms with Crippen LogP contribution < -0.4 is 19.7 Å². The molecular weight excluding hydrogens is 371 g/mol. The number of nitrogens with one attached hydrogen (secondary N) is 2. The second kappa shape index (κ2) is 10.3. The average Bonchev–Trinajstić information content (AvgIpc) is 2.70. The van der Waals surface area contributed by atoms with Gasteiger partial charge in [-0.3, -0.25) is 4.79 Å². The van der Waals surface area contributed by atoms with Crippen molar-refractivity contribution in [1.82, 2.24) is 5.32 Å². The lowest BCUT2D eigenvalue weighted by molar-refractivity contribution is -0.908. The topological polar surface area (TPSA) is 52.0 Å². The molecule has 0 saturated carbocycles. The van der Waals surface area contributed by atoms with Crippen LogP contribution in [0.2, 0.25) is 0 Å². The van der Waals surface area contributed by atoms with Crippen molar-refractivity contribution in [3.63, 3.8) is 0 Å². The van der Waals surface area contributed by atoms with Gasteiger partial charge in [-0.15, -0.1) is 0 Å². The highest BCUT2D eigenvalue weighted by Crippen LogP contribution is 2.32. The lowest BCUT2D eigenvalue weighted by Gasteiger charge is -2.26. The normalized spacial score (nSPS) is 15.5. The highest BCUT2D eigenvalue weighted by molar-refractivity contribution is 5.76. The van der Waals surface area contributed by atoms with E-state index in [1.54, 1.807) is 12.1 Å². The van der Waals surface area contributed by atoms with E-state index in [4.69, 9.17) is 9.47 Å². The molecule has 1 aliphatic rings. The Hall–Kier alpha value is -2.60. The lowest BCUT2D eigenvalue weighted by atomic mass is 9.98. The van der Waals surface area contributed by atoms with Crippen LogP contribution in [0.25, 0.3) is 0 Å². The van der Waals surface area contributed by atoms with Gasteiger partial charge in [-0.1, -0.05) is 18.2 Å². The first-order chi connectivity index (χ1) is 14.1. The van der Waals surface area contributed by atoms with Gasteiger partial charge in [0.05, 0.1) is 19.8 Å². The molecule has 1 aliphatic heterocycles. The molecule has 0 bridgehead atoms. The number of halogens is 1. The van der Waals surface area contributed by atoms with Crippen molar-refractivity contribution in [3.05, 3.63) is 58.9 Å². The quantitative estimate of drug-likeness (QED) is 0.675. The Balaban J connectivity index is 1.54. The summed E-state index contributed by atoms with van der Waals surface area (Å²) in [5.41, 5.74) is 3.10. The number of hydrogen-bond acceptors (Lipinski definition) is 3. The second-order valence-corrected chi connectivity index (χ2v) is 7.23. The Labute approximate surface area is 171 Å². The second-order valence-electron chi connectivity index (χ2n) is 7.23. The Morgan fingerprint density at radius 1 is 1.10 bits per heavy atom. The Morgan fingerprint density at radius 2 is 1.79 bits per heavy atom. The van der Waals surface area contributed by atoms with Gasteiger partial charge >= 0.3 is 0 Å². The summed E-state index contributed by atoms with van der Waals surface area (Å²) in [5.74, 6) is 1.33. The lowest BCUT2D eigenvalue weighted by Crippen LogP contribution is -3.12. The number of rotatable bonds is 9. The predicted molar refractivity (Wildman–Crippen MR) is 110 cm³/mol. The van der Waals surface area contributed by atoms with E-state index < -0.39 is 0 Å². The molecule has 1 amide bonds. The number of hydrogen-bond donors (Lipinski definition) is 2. The Bertz CT molecular complexity index is 841. The molecule has 156 valence electrons. The molecule has 0 radical (unpaired) electrons. The third-order valence-electron chi connectivity index (χ3n) is 5.14. The zero-order chi connectivity index (χ0) is 20.6. The van der Waals surface area contributed by atoms with Crippen LogP contribution in [0, 0.1) is 5.82 Å². The van der Waals surface area contributed by atoms with Gasteiger partial charge < -0.3 is 19.7 Å². The van der Waals surface area contributed by atoms with Crippen LogP contribution in [-0.2, 0) is 24.2 Å². The molecule has 1 heterocycles. The highest BCUT2D eigenvalue weighted by Gasteiger charge is 2.24. The number of amides is 1. The van der Waals surface area contributed by atoms with E-state index in [1.807, 2.05) is 19.9 Å². The molecule has 0 aromatic heterocycles. The van der Waals surface area contributed by atoms with Gasteiger partial charge in [0.25, 0.3) is 5.91 Å². The minimum absolute atomic E-state index is 0.00393. The Kier molecular flexibility index (Phi) is 7.47. The van der Waals surface area contributed by atoms with E-state index in [-0.39, 0.29) is 11.7 Å². The molecule has 0 aliphatic carbocycles. The maximum atomic E-state index is 13.7. The van der Waals surface area contributed by atoms with E-state index in [0.717, 1.165) is 31.0 Å². The number of quaternary nitrogens is 1. The molecule has 1 atom stereocenters. The maximum absolute atomic E-state index is 13.7. The summed E-state index contributed by atoms with van der Waals surface area (Å²) in [6, 6.07) is 10.8. The first kappa shape index (κ1) is 21.1. The van der Waals surface area contributed by atoms with E-state index in [0.29, 0.717) is 38.3 Å². The summed E-state index contributed by atoms with van der Waals surface area (Å²) in [6.07, 6.45) is 1.40. The first-order valence-corrected chi connectivity index (χ1v) is 10.4. The molecule has 0 spiro atoms. The first-order valence-electron chi connectivity index (χ1n) is 10.4. The summed E-state index contributed by atoms with van der Waals surface area (Å²) >= 11 is 0. The van der Waals surface area contributed by atoms with Gasteiger partial charge in [0.2, 0.25) is 0 Å². The zero-order valence-corrected chi connectivity index (χ0v) is 17.2. The van der Waals surface area contributed by atoms with Crippen molar-refractivity contribution in [3.8, 4) is 11.5 Å². The van der Waals surface area contributed by atoms with Crippen molar-refractivity contribution in [2.24, 2.45) is 0 Å². The molecule has 1 unspecified atom stereocenters. The van der Waals surface area contributed by atoms with Gasteiger partial charge in [-0.05, 0) is 49.6 Å². The summed E-state index contributed by atoms with van der Waals surface area (Å²) in [7, 11) is 0. The minimum Gasteiger partial charge on any atom is -0.490 e. The molecule has 3 rings (SSSR count). The molecule has 2 N–H and O–H groups in total. The molecule has 5 nitrogen and oxygen atoms in total. The molecule has 2 aromatic carbocycles. The number of fused-ring (bicyclic) bond motifs is 1. The van der Waals surface area contributed by atoms with Gasteiger partial charge in [0.15, 0.2) is 18.0 Å². The molecule has 29 heavy (non-hydrogen) atoms. The fourth-order valence-corrected chi connectivity index (χ4v) is 3.73. The van der Waals surface area contributed by atoms with Crippen LogP contribution in [0.1, 0.15) is 30.5 Å². The number of benzene rings is 2. The molecular formula is C23H30FN2O3+. The number of ether oxygens (including phenoxy) is 2. The molecule has 0 saturated heterocycles. The fourth-order valence-electron chi connectivity index (χ4n) is 3.73. The van der Waals surface area contributed by atoms with Gasteiger partial charge in [0, 0.05) is 18.5 Å². The van der Waals surface area contributed by atoms with E-state index in [2.05, 4.69) is 17.4 Å². The third-order valence-corrected chi connectivity index (χ3v) is 5.14. The van der Waals surface area contributed by atoms with Crippen LogP contribution in [0.15, 0.2) is 36.4 Å². The maximum Gasteiger partial charge on any atom is 0.275 e. The number of carbonyl (C=O) groups excluding carboxylic acids is 1. The minimum atomic E-state index is -0.225. The van der Waals surface area contributed by atoms with Crippen LogP contribution in [0.5, 0.6) is 11.5 Å². The van der Waals surface area contributed by atoms with Gasteiger partial charge in [0.1, 0.15) is 12.4 Å².